The molecule has 0 spiro atoms. The zero-order valence-electron chi connectivity index (χ0n) is 9.51. The molecule has 1 amide bonds. The fourth-order valence-electron chi connectivity index (χ4n) is 0.850. The van der Waals surface area contributed by atoms with Crippen LogP contribution in [-0.2, 0) is 11.3 Å². The molecule has 1 aromatic carbocycles. The second-order valence-electron chi connectivity index (χ2n) is 2.57. The number of benzene rings is 1. The largest absolute Gasteiger partial charge is 1.00 e. The van der Waals surface area contributed by atoms with Crippen LogP contribution in [0.1, 0.15) is 6.99 Å². The summed E-state index contributed by atoms with van der Waals surface area (Å²) in [5, 5.41) is 3.27. The van der Waals surface area contributed by atoms with Crippen molar-refractivity contribution >= 4 is 29.3 Å². The van der Waals surface area contributed by atoms with E-state index in [0.29, 0.717) is 10.0 Å². The third-order valence-electron chi connectivity index (χ3n) is 1.56. The zero-order valence-corrected chi connectivity index (χ0v) is 12.0. The van der Waals surface area contributed by atoms with Crippen molar-refractivity contribution in [3.05, 3.63) is 33.8 Å². The van der Waals surface area contributed by atoms with Gasteiger partial charge in [0.05, 0.1) is 10.0 Å². The normalized spacial score (nSPS) is 9.00. The van der Waals surface area contributed by atoms with Crippen molar-refractivity contribution < 1.29 is 40.5 Å². The maximum Gasteiger partial charge on any atom is 1.00 e. The number of nitrogens with one attached hydrogen (secondary N) is 1. The molecule has 15 heavy (non-hydrogen) atoms. The van der Waals surface area contributed by atoms with Gasteiger partial charge in [-0.05, 0) is 17.7 Å². The molecule has 0 unspecified atom stereocenters. The maximum absolute atomic E-state index is 10.7. The molecule has 78 valence electrons. The summed E-state index contributed by atoms with van der Waals surface area (Å²) < 4.78 is 4.82. The molecule has 0 heterocycles. The van der Waals surface area contributed by atoms with Crippen molar-refractivity contribution in [1.29, 1.82) is 0 Å². The second kappa shape index (κ2) is 7.36. The quantitative estimate of drug-likeness (QED) is 0.756. The van der Waals surface area contributed by atoms with Crippen molar-refractivity contribution in [3.63, 3.8) is 0 Å². The molecule has 1 N–H and O–H groups in total. The third-order valence-corrected chi connectivity index (χ3v) is 2.30. The first kappa shape index (κ1) is 15.1. The standard InChI is InChI=1S/C9H9Cl2NO2.Na.H/c1-12-9(13)14-5-6-2-3-7(10)8(11)4-6;;/h2-4H,5H2,1H3,(H,12,13);;/q;+1;-1. The molecular formula is C9H10Cl2NNaO2. The van der Waals surface area contributed by atoms with Crippen molar-refractivity contribution in [2.24, 2.45) is 0 Å². The third kappa shape index (κ3) is 5.09. The van der Waals surface area contributed by atoms with Gasteiger partial charge in [0.15, 0.2) is 0 Å². The second-order valence-corrected chi connectivity index (χ2v) is 3.39. The van der Waals surface area contributed by atoms with Gasteiger partial charge in [0.2, 0.25) is 0 Å². The van der Waals surface area contributed by atoms with Crippen LogP contribution in [0, 0.1) is 0 Å². The first-order chi connectivity index (χ1) is 6.63. The Morgan fingerprint density at radius 3 is 2.67 bits per heavy atom. The zero-order chi connectivity index (χ0) is 10.6. The van der Waals surface area contributed by atoms with Crippen LogP contribution in [0.3, 0.4) is 0 Å². The Labute approximate surface area is 122 Å². The summed E-state index contributed by atoms with van der Waals surface area (Å²) in [6.45, 7) is 0.177. The molecule has 3 nitrogen and oxygen atoms in total. The van der Waals surface area contributed by atoms with Gasteiger partial charge in [-0.25, -0.2) is 4.79 Å². The Kier molecular flexibility index (Phi) is 7.40. The summed E-state index contributed by atoms with van der Waals surface area (Å²) in [5.41, 5.74) is 0.794. The van der Waals surface area contributed by atoms with Crippen LogP contribution >= 0.6 is 23.2 Å². The van der Waals surface area contributed by atoms with E-state index in [0.717, 1.165) is 5.56 Å². The molecule has 0 fully saturated rings. The molecule has 0 aliphatic rings. The molecule has 0 atom stereocenters. The van der Waals surface area contributed by atoms with E-state index in [4.69, 9.17) is 27.9 Å². The molecular weight excluding hydrogens is 248 g/mol. The van der Waals surface area contributed by atoms with Crippen molar-refractivity contribution in [2.75, 3.05) is 7.05 Å². The van der Waals surface area contributed by atoms with Crippen LogP contribution in [0.2, 0.25) is 10.0 Å². The number of ether oxygens (including phenoxy) is 1. The fourth-order valence-corrected chi connectivity index (χ4v) is 1.17. The number of carbonyl (C=O) groups is 1. The smallest absolute Gasteiger partial charge is 1.00 e. The van der Waals surface area contributed by atoms with Crippen LogP contribution < -0.4 is 34.9 Å². The van der Waals surface area contributed by atoms with E-state index in [1.54, 1.807) is 18.2 Å². The van der Waals surface area contributed by atoms with Crippen LogP contribution in [0.25, 0.3) is 0 Å². The van der Waals surface area contributed by atoms with Gasteiger partial charge < -0.3 is 11.5 Å². The first-order valence-corrected chi connectivity index (χ1v) is 4.67. The van der Waals surface area contributed by atoms with Gasteiger partial charge in [0.25, 0.3) is 0 Å². The Balaban J connectivity index is 0. The number of rotatable bonds is 2. The Morgan fingerprint density at radius 2 is 2.13 bits per heavy atom. The average Bonchev–Trinajstić information content (AvgIpc) is 2.19. The minimum Gasteiger partial charge on any atom is -1.00 e. The predicted molar refractivity (Wildman–Crippen MR) is 56.8 cm³/mol. The summed E-state index contributed by atoms with van der Waals surface area (Å²) in [7, 11) is 1.50. The van der Waals surface area contributed by atoms with E-state index in [9.17, 15) is 4.79 Å². The van der Waals surface area contributed by atoms with Gasteiger partial charge in [-0.15, -0.1) is 0 Å². The number of amides is 1. The van der Waals surface area contributed by atoms with Crippen molar-refractivity contribution in [3.8, 4) is 0 Å². The molecule has 0 aliphatic carbocycles. The topological polar surface area (TPSA) is 38.3 Å². The predicted octanol–water partition coefficient (Wildman–Crippen LogP) is -0.0341. The summed E-state index contributed by atoms with van der Waals surface area (Å²) in [6, 6.07) is 5.07. The minimum atomic E-state index is -0.476. The van der Waals surface area contributed by atoms with Gasteiger partial charge in [0.1, 0.15) is 6.61 Å². The summed E-state index contributed by atoms with van der Waals surface area (Å²) in [6.07, 6.45) is -0.476. The minimum absolute atomic E-state index is 0. The van der Waals surface area contributed by atoms with Crippen molar-refractivity contribution in [2.45, 2.75) is 6.61 Å². The number of carbonyl (C=O) groups excluding carboxylic acids is 1. The van der Waals surface area contributed by atoms with Crippen LogP contribution in [0.4, 0.5) is 4.79 Å². The van der Waals surface area contributed by atoms with Gasteiger partial charge in [-0.2, -0.15) is 0 Å². The van der Waals surface area contributed by atoms with Crippen LogP contribution in [0.15, 0.2) is 18.2 Å². The number of hydrogen-bond acceptors (Lipinski definition) is 2. The molecule has 0 saturated heterocycles. The monoisotopic (exact) mass is 257 g/mol. The SMILES string of the molecule is CNC(=O)OCc1ccc(Cl)c(Cl)c1.[H-].[Na+]. The van der Waals surface area contributed by atoms with Gasteiger partial charge in [-0.3, -0.25) is 0 Å². The molecule has 0 bridgehead atoms. The van der Waals surface area contributed by atoms with Crippen LogP contribution in [0.5, 0.6) is 0 Å². The summed E-state index contributed by atoms with van der Waals surface area (Å²) >= 11 is 11.5. The van der Waals surface area contributed by atoms with E-state index in [1.807, 2.05) is 0 Å². The molecule has 0 aliphatic heterocycles. The number of alkyl carbamates (subject to hydrolysis) is 1. The van der Waals surface area contributed by atoms with Crippen LogP contribution in [-0.4, -0.2) is 13.1 Å². The summed E-state index contributed by atoms with van der Waals surface area (Å²) in [4.78, 5) is 10.7. The fraction of sp³-hybridized carbons (Fsp3) is 0.222. The maximum atomic E-state index is 10.7. The molecule has 6 heteroatoms. The molecule has 0 aromatic heterocycles. The van der Waals surface area contributed by atoms with E-state index in [1.165, 1.54) is 7.05 Å². The molecule has 0 saturated carbocycles. The first-order valence-electron chi connectivity index (χ1n) is 3.92. The van der Waals surface area contributed by atoms with Gasteiger partial charge in [-0.1, -0.05) is 29.3 Å². The van der Waals surface area contributed by atoms with E-state index >= 15 is 0 Å². The Morgan fingerprint density at radius 1 is 1.47 bits per heavy atom. The van der Waals surface area contributed by atoms with Crippen molar-refractivity contribution in [1.82, 2.24) is 5.32 Å². The Hall–Kier alpha value is 0.0700. The number of halogens is 2. The molecule has 1 aromatic rings. The van der Waals surface area contributed by atoms with E-state index in [2.05, 4.69) is 5.32 Å². The van der Waals surface area contributed by atoms with Gasteiger partial charge in [0, 0.05) is 7.05 Å². The van der Waals surface area contributed by atoms with E-state index < -0.39 is 6.09 Å². The van der Waals surface area contributed by atoms with Gasteiger partial charge >= 0.3 is 35.7 Å². The number of hydrogen-bond donors (Lipinski definition) is 1. The Bertz CT molecular complexity index is 352. The average molecular weight is 258 g/mol. The molecule has 1 rings (SSSR count). The van der Waals surface area contributed by atoms with E-state index in [-0.39, 0.29) is 37.6 Å². The molecule has 0 radical (unpaired) electrons. The summed E-state index contributed by atoms with van der Waals surface area (Å²) in [5.74, 6) is 0.